The Balaban J connectivity index is 0.00000130. The van der Waals surface area contributed by atoms with Crippen molar-refractivity contribution in [3.8, 4) is 16.3 Å². The van der Waals surface area contributed by atoms with Crippen LogP contribution in [0.1, 0.15) is 17.8 Å². The standard InChI is InChI=1S/C30H31N5OS.3CO.Tc/c1-34(2)26-12-10-23(11-13-26)30-33-28-15-14-27(20-29(28)37-30)36-19-7-18-35(21-24-8-3-5-16-31-24)22-25-9-4-6-17-32-25;3*1-2;/h3-6,8-17,20H,7,18-19,21-22H2,1-2H3;;;;/i;;;;1+1. The summed E-state index contributed by atoms with van der Waals surface area (Å²) in [5, 5.41) is 1.03. The molecule has 3 aromatic heterocycles. The van der Waals surface area contributed by atoms with Crippen LogP contribution in [0, 0.1) is 20.0 Å². The van der Waals surface area contributed by atoms with Crippen LogP contribution in [0.4, 0.5) is 5.69 Å². The summed E-state index contributed by atoms with van der Waals surface area (Å²) in [5.41, 5.74) is 5.43. The van der Waals surface area contributed by atoms with E-state index in [9.17, 15) is 0 Å². The van der Waals surface area contributed by atoms with Gasteiger partial charge in [0.05, 0.1) is 28.2 Å². The molecule has 11 heteroatoms. The Labute approximate surface area is 275 Å². The molecule has 0 bridgehead atoms. The Morgan fingerprint density at radius 2 is 1.36 bits per heavy atom. The predicted molar refractivity (Wildman–Crippen MR) is 164 cm³/mol. The molecule has 44 heavy (non-hydrogen) atoms. The van der Waals surface area contributed by atoms with Crippen molar-refractivity contribution in [1.29, 1.82) is 0 Å². The van der Waals surface area contributed by atoms with Crippen molar-refractivity contribution in [2.45, 2.75) is 19.5 Å². The van der Waals surface area contributed by atoms with Gasteiger partial charge >= 0.3 is 33.9 Å². The Morgan fingerprint density at radius 1 is 0.773 bits per heavy atom. The van der Waals surface area contributed by atoms with Crippen molar-refractivity contribution in [2.24, 2.45) is 0 Å². The summed E-state index contributed by atoms with van der Waals surface area (Å²) in [4.78, 5) is 18.3. The number of anilines is 1. The molecule has 0 amide bonds. The summed E-state index contributed by atoms with van der Waals surface area (Å²) in [6, 6.07) is 26.8. The molecule has 9 nitrogen and oxygen atoms in total. The molecule has 2 aromatic carbocycles. The van der Waals surface area contributed by atoms with Crippen LogP contribution in [0.25, 0.3) is 20.8 Å². The van der Waals surface area contributed by atoms with Gasteiger partial charge in [-0.15, -0.1) is 11.3 Å². The van der Waals surface area contributed by atoms with Crippen molar-refractivity contribution in [1.82, 2.24) is 19.9 Å². The van der Waals surface area contributed by atoms with Crippen LogP contribution in [-0.4, -0.2) is 47.1 Å². The number of hydrogen-bond acceptors (Lipinski definition) is 7. The third kappa shape index (κ3) is 12.0. The first-order chi connectivity index (χ1) is 21.1. The van der Waals surface area contributed by atoms with Gasteiger partial charge in [-0.2, -0.15) is 0 Å². The van der Waals surface area contributed by atoms with Gasteiger partial charge in [-0.25, -0.2) is 4.98 Å². The van der Waals surface area contributed by atoms with Gasteiger partial charge < -0.3 is 9.64 Å². The van der Waals surface area contributed by atoms with E-state index >= 15 is 0 Å². The predicted octanol–water partition coefficient (Wildman–Crippen LogP) is 6.18. The Kier molecular flexibility index (Phi) is 18.8. The van der Waals surface area contributed by atoms with Crippen LogP contribution in [0.15, 0.2) is 91.3 Å². The van der Waals surface area contributed by atoms with E-state index in [0.29, 0.717) is 6.61 Å². The summed E-state index contributed by atoms with van der Waals surface area (Å²) in [6.45, 7) is 16.6. The zero-order valence-corrected chi connectivity index (χ0v) is 27.0. The number of nitrogens with zero attached hydrogens (tertiary/aromatic N) is 5. The van der Waals surface area contributed by atoms with Gasteiger partial charge in [0.2, 0.25) is 0 Å². The Morgan fingerprint density at radius 3 is 1.89 bits per heavy atom. The van der Waals surface area contributed by atoms with Crippen molar-refractivity contribution >= 4 is 27.2 Å². The third-order valence-electron chi connectivity index (χ3n) is 6.10. The number of fused-ring (bicyclic) bond motifs is 1. The molecule has 3 heterocycles. The SMILES string of the molecule is CN(C)c1ccc(-c2nc3ccc(OCCCN(Cc4ccccn4)Cc4ccccn4)cc3s2)cc1.[99Tc].[C-]#[O+].[C-]#[O+].[C-]#[O+]. The molecular formula is C33H31N5O4STc. The van der Waals surface area contributed by atoms with Crippen LogP contribution in [0.3, 0.4) is 0 Å². The molecule has 0 N–H and O–H groups in total. The summed E-state index contributed by atoms with van der Waals surface area (Å²) in [7, 11) is 4.10. The van der Waals surface area contributed by atoms with Gasteiger partial charge in [0.25, 0.3) is 0 Å². The molecule has 0 unspecified atom stereocenters. The molecule has 5 rings (SSSR count). The van der Waals surface area contributed by atoms with E-state index in [2.05, 4.69) is 82.2 Å². The number of aromatic nitrogens is 3. The molecule has 0 aliphatic heterocycles. The maximum absolute atomic E-state index is 7.50. The summed E-state index contributed by atoms with van der Waals surface area (Å²) in [6.07, 6.45) is 4.60. The second-order valence-corrected chi connectivity index (χ2v) is 10.2. The summed E-state index contributed by atoms with van der Waals surface area (Å²) >= 11 is 1.70. The number of thiazole rings is 1. The number of rotatable bonds is 11. The Hall–Kier alpha value is -3.94. The van der Waals surface area contributed by atoms with Gasteiger partial charge in [0.15, 0.2) is 0 Å². The first-order valence-electron chi connectivity index (χ1n) is 13.1. The first-order valence-corrected chi connectivity index (χ1v) is 13.9. The van der Waals surface area contributed by atoms with Crippen molar-refractivity contribution in [3.05, 3.63) is 123 Å². The van der Waals surface area contributed by atoms with Gasteiger partial charge in [0.1, 0.15) is 10.8 Å². The van der Waals surface area contributed by atoms with Crippen LogP contribution in [0.2, 0.25) is 0 Å². The van der Waals surface area contributed by atoms with E-state index in [1.807, 2.05) is 62.9 Å². The molecule has 0 saturated carbocycles. The average molecular weight is 693 g/mol. The minimum atomic E-state index is 0. The molecule has 0 saturated heterocycles. The second kappa shape index (κ2) is 21.7. The average Bonchev–Trinajstić information content (AvgIpc) is 3.50. The third-order valence-corrected chi connectivity index (χ3v) is 7.17. The summed E-state index contributed by atoms with van der Waals surface area (Å²) < 4.78 is 29.8. The van der Waals surface area contributed by atoms with Crippen LogP contribution < -0.4 is 9.64 Å². The fourth-order valence-corrected chi connectivity index (χ4v) is 5.15. The maximum atomic E-state index is 7.50. The quantitative estimate of drug-likeness (QED) is 0.0929. The number of hydrogen-bond donors (Lipinski definition) is 0. The normalized spacial score (nSPS) is 9.57. The van der Waals surface area contributed by atoms with E-state index in [-0.39, 0.29) is 20.1 Å². The molecule has 0 spiro atoms. The molecule has 0 aliphatic rings. The van der Waals surface area contributed by atoms with E-state index in [0.717, 1.165) is 64.0 Å². The number of ether oxygens (including phenoxy) is 1. The first kappa shape index (κ1) is 38.1. The fraction of sp³-hybridized carbons (Fsp3) is 0.212. The van der Waals surface area contributed by atoms with E-state index < -0.39 is 0 Å². The van der Waals surface area contributed by atoms with Gasteiger partial charge in [-0.3, -0.25) is 14.9 Å². The fourth-order valence-electron chi connectivity index (χ4n) is 4.15. The molecule has 0 aliphatic carbocycles. The van der Waals surface area contributed by atoms with Crippen LogP contribution in [0.5, 0.6) is 5.75 Å². The second-order valence-electron chi connectivity index (χ2n) is 9.14. The van der Waals surface area contributed by atoms with E-state index in [4.69, 9.17) is 23.7 Å². The molecule has 0 fully saturated rings. The molecular weight excluding hydrogens is 661 g/mol. The molecule has 5 aromatic rings. The topological polar surface area (TPSA) is 114 Å². The Bertz CT molecular complexity index is 1500. The van der Waals surface area contributed by atoms with Crippen LogP contribution >= 0.6 is 11.3 Å². The van der Waals surface area contributed by atoms with Crippen molar-refractivity contribution < 1.29 is 38.8 Å². The van der Waals surface area contributed by atoms with Crippen molar-refractivity contribution in [3.63, 3.8) is 0 Å². The van der Waals surface area contributed by atoms with Gasteiger partial charge in [-0.1, -0.05) is 12.1 Å². The zero-order valence-electron chi connectivity index (χ0n) is 24.4. The van der Waals surface area contributed by atoms with E-state index in [1.165, 1.54) is 5.69 Å². The van der Waals surface area contributed by atoms with Crippen molar-refractivity contribution in [2.75, 3.05) is 32.1 Å². The van der Waals surface area contributed by atoms with E-state index in [1.54, 1.807) is 11.3 Å². The van der Waals surface area contributed by atoms with Crippen LogP contribution in [-0.2, 0) is 47.2 Å². The summed E-state index contributed by atoms with van der Waals surface area (Å²) in [5.74, 6) is 0.881. The number of pyridine rings is 2. The molecule has 0 atom stereocenters. The molecule has 1 radical (unpaired) electrons. The van der Waals surface area contributed by atoms with Gasteiger partial charge in [-0.05, 0) is 73.2 Å². The molecule has 225 valence electrons. The minimum absolute atomic E-state index is 0. The van der Waals surface area contributed by atoms with Gasteiger partial charge in [0, 0.05) is 77.5 Å². The zero-order chi connectivity index (χ0) is 31.5. The monoisotopic (exact) mass is 692 g/mol. The number of benzene rings is 2.